The molecular weight excluding hydrogens is 268 g/mol. The van der Waals surface area contributed by atoms with E-state index in [0.717, 1.165) is 0 Å². The van der Waals surface area contributed by atoms with Crippen LogP contribution in [-0.2, 0) is 0 Å². The molecule has 0 unspecified atom stereocenters. The molecule has 0 aliphatic carbocycles. The van der Waals surface area contributed by atoms with Crippen molar-refractivity contribution in [1.29, 1.82) is 0 Å². The van der Waals surface area contributed by atoms with Crippen LogP contribution in [0.4, 0.5) is 0 Å². The maximum atomic E-state index is 2.54. The van der Waals surface area contributed by atoms with Crippen LogP contribution in [0.1, 0.15) is 0 Å². The zero-order valence-electron chi connectivity index (χ0n) is 1.79. The van der Waals surface area contributed by atoms with Crippen molar-refractivity contribution in [3.8, 4) is 0 Å². The first-order valence-corrected chi connectivity index (χ1v) is 9.35. The standard InChI is InChI=1S/H3PSe3/c2-1(3)4/h2-4H. The first kappa shape index (κ1) is 5.99. The molecule has 0 fully saturated rings. The Bertz CT molecular complexity index is 8.00. The third-order valence-electron chi connectivity index (χ3n) is 0. The predicted octanol–water partition coefficient (Wildman–Crippen LogP) is -1.08. The Kier molecular flexibility index (Phi) is 4.77. The second-order valence-electron chi connectivity index (χ2n) is 0.268. The van der Waals surface area contributed by atoms with E-state index in [-0.39, 0.29) is 3.99 Å². The monoisotopic (exact) mass is 274 g/mol. The van der Waals surface area contributed by atoms with Gasteiger partial charge in [0.15, 0.2) is 0 Å². The molecule has 0 bridgehead atoms. The van der Waals surface area contributed by atoms with Crippen LogP contribution in [-0.4, -0.2) is 46.7 Å². The van der Waals surface area contributed by atoms with Crippen LogP contribution in [0.5, 0.6) is 0 Å². The first-order chi connectivity index (χ1) is 1.73. The van der Waals surface area contributed by atoms with E-state index in [1.54, 1.807) is 0 Å². The van der Waals surface area contributed by atoms with Gasteiger partial charge >= 0.3 is 50.7 Å². The van der Waals surface area contributed by atoms with Crippen LogP contribution in [0.15, 0.2) is 0 Å². The Morgan fingerprint density at radius 1 is 1.00 bits per heavy atom. The summed E-state index contributed by atoms with van der Waals surface area (Å²) in [6.45, 7) is 0. The minimum atomic E-state index is 0.192. The van der Waals surface area contributed by atoms with Gasteiger partial charge in [-0.15, -0.1) is 0 Å². The average molecular weight is 271 g/mol. The molecule has 0 radical (unpaired) electrons. The molecule has 0 rings (SSSR count). The maximum absolute atomic E-state index is 2.54. The zero-order valence-corrected chi connectivity index (χ0v) is 8.31. The second-order valence-corrected chi connectivity index (χ2v) is 21.7. The molecule has 4 heavy (non-hydrogen) atoms. The molecule has 0 aromatic carbocycles. The summed E-state index contributed by atoms with van der Waals surface area (Å²) in [5.74, 6) is 0. The fourth-order valence-corrected chi connectivity index (χ4v) is 0. The molecule has 0 heterocycles. The number of rotatable bonds is 0. The summed E-state index contributed by atoms with van der Waals surface area (Å²) in [6, 6.07) is 0. The van der Waals surface area contributed by atoms with Gasteiger partial charge in [-0.2, -0.15) is 0 Å². The summed E-state index contributed by atoms with van der Waals surface area (Å²) in [4.78, 5) is 0. The van der Waals surface area contributed by atoms with Crippen molar-refractivity contribution in [2.75, 3.05) is 0 Å². The Morgan fingerprint density at radius 2 is 1.00 bits per heavy atom. The summed E-state index contributed by atoms with van der Waals surface area (Å²) >= 11 is 7.63. The van der Waals surface area contributed by atoms with E-state index in [4.69, 9.17) is 0 Å². The Labute approximate surface area is 50.5 Å². The fraction of sp³-hybridized carbons (Fsp3) is 0. The van der Waals surface area contributed by atoms with Crippen molar-refractivity contribution < 1.29 is 0 Å². The van der Waals surface area contributed by atoms with Crippen LogP contribution in [0.3, 0.4) is 0 Å². The quantitative estimate of drug-likeness (QED) is 0.388. The summed E-state index contributed by atoms with van der Waals surface area (Å²) in [5, 5.41) is 0. The third-order valence-corrected chi connectivity index (χ3v) is 0. The molecule has 0 aliphatic rings. The van der Waals surface area contributed by atoms with Crippen molar-refractivity contribution in [3.05, 3.63) is 0 Å². The van der Waals surface area contributed by atoms with Gasteiger partial charge in [-0.3, -0.25) is 0 Å². The molecular formula is H3PSe3. The molecule has 0 atom stereocenters. The molecule has 0 saturated carbocycles. The van der Waals surface area contributed by atoms with Crippen molar-refractivity contribution in [3.63, 3.8) is 0 Å². The SMILES string of the molecule is [SeH]P([SeH])[SeH]. The van der Waals surface area contributed by atoms with E-state index in [1.165, 1.54) is 0 Å². The van der Waals surface area contributed by atoms with E-state index in [1.807, 2.05) is 0 Å². The van der Waals surface area contributed by atoms with Gasteiger partial charge in [0.25, 0.3) is 0 Å². The van der Waals surface area contributed by atoms with Gasteiger partial charge in [-0.05, 0) is 0 Å². The molecule has 0 amide bonds. The van der Waals surface area contributed by atoms with Gasteiger partial charge in [-0.1, -0.05) is 0 Å². The average Bonchev–Trinajstić information content (AvgIpc) is 0.811. The Balaban J connectivity index is 2.32. The predicted molar refractivity (Wildman–Crippen MR) is 28.4 cm³/mol. The first-order valence-electron chi connectivity index (χ1n) is 0.600. The summed E-state index contributed by atoms with van der Waals surface area (Å²) in [7, 11) is 0. The summed E-state index contributed by atoms with van der Waals surface area (Å²) < 4.78 is 0.192. The van der Waals surface area contributed by atoms with Crippen LogP contribution < -0.4 is 0 Å². The van der Waals surface area contributed by atoms with Crippen LogP contribution in [0.2, 0.25) is 0 Å². The van der Waals surface area contributed by atoms with Crippen LogP contribution in [0, 0.1) is 0 Å². The van der Waals surface area contributed by atoms with E-state index < -0.39 is 0 Å². The van der Waals surface area contributed by atoms with Gasteiger partial charge in [0.1, 0.15) is 0 Å². The Morgan fingerprint density at radius 3 is 1.00 bits per heavy atom. The normalized spacial score (nSPS) is 9.00. The van der Waals surface area contributed by atoms with Crippen molar-refractivity contribution in [2.24, 2.45) is 0 Å². The molecule has 0 nitrogen and oxygen atoms in total. The van der Waals surface area contributed by atoms with Crippen LogP contribution in [0.25, 0.3) is 0 Å². The Hall–Kier alpha value is 1.99. The van der Waals surface area contributed by atoms with Gasteiger partial charge in [0, 0.05) is 0 Å². The molecule has 0 saturated heterocycles. The molecule has 0 spiro atoms. The topological polar surface area (TPSA) is 0 Å². The zero-order chi connectivity index (χ0) is 3.58. The molecule has 4 heteroatoms. The van der Waals surface area contributed by atoms with Gasteiger partial charge < -0.3 is 0 Å². The van der Waals surface area contributed by atoms with E-state index in [0.29, 0.717) is 0 Å². The van der Waals surface area contributed by atoms with Crippen molar-refractivity contribution >= 4 is 50.7 Å². The second kappa shape index (κ2) is 3.19. The van der Waals surface area contributed by atoms with E-state index >= 15 is 0 Å². The fourth-order valence-electron chi connectivity index (χ4n) is 0. The van der Waals surface area contributed by atoms with Gasteiger partial charge in [0.05, 0.1) is 0 Å². The van der Waals surface area contributed by atoms with Crippen LogP contribution >= 0.6 is 3.99 Å². The van der Waals surface area contributed by atoms with E-state index in [9.17, 15) is 0 Å². The van der Waals surface area contributed by atoms with E-state index in [2.05, 4.69) is 46.7 Å². The molecule has 26 valence electrons. The minimum absolute atomic E-state index is 0.192. The number of hydrogen-bond acceptors (Lipinski definition) is 0. The molecule has 0 aliphatic heterocycles. The van der Waals surface area contributed by atoms with Gasteiger partial charge in [-0.25, -0.2) is 0 Å². The molecule has 0 aromatic heterocycles. The number of hydrogen-bond donors (Lipinski definition) is 0. The van der Waals surface area contributed by atoms with Crippen molar-refractivity contribution in [2.45, 2.75) is 0 Å². The molecule has 0 aromatic rings. The third kappa shape index (κ3) is 9.01. The van der Waals surface area contributed by atoms with Gasteiger partial charge in [0.2, 0.25) is 0 Å². The van der Waals surface area contributed by atoms with Crippen molar-refractivity contribution in [1.82, 2.24) is 0 Å². The molecule has 0 N–H and O–H groups in total. The summed E-state index contributed by atoms with van der Waals surface area (Å²) in [6.07, 6.45) is 0. The summed E-state index contributed by atoms with van der Waals surface area (Å²) in [5.41, 5.74) is 0.